The molecule has 0 aliphatic heterocycles. The summed E-state index contributed by atoms with van der Waals surface area (Å²) in [5, 5.41) is 10.8. The second-order valence-electron chi connectivity index (χ2n) is 4.52. The van der Waals surface area contributed by atoms with Crippen molar-refractivity contribution in [3.63, 3.8) is 0 Å². The summed E-state index contributed by atoms with van der Waals surface area (Å²) in [7, 11) is 0. The minimum atomic E-state index is -1.10. The Balaban J connectivity index is 0.00000196. The predicted octanol–water partition coefficient (Wildman–Crippen LogP) is -1.34. The molecule has 0 aromatic heterocycles. The number of carbonyl (C=O) groups is 1. The molecule has 15 heavy (non-hydrogen) atoms. The molecule has 0 spiro atoms. The third-order valence-corrected chi connectivity index (χ3v) is 2.36. The topological polar surface area (TPSA) is 40.1 Å². The van der Waals surface area contributed by atoms with E-state index >= 15 is 0 Å². The molecule has 0 amide bonds. The Kier molecular flexibility index (Phi) is 5.04. The fraction of sp³-hybridized carbons (Fsp3) is 0.417. The molecule has 0 N–H and O–H groups in total. The van der Waals surface area contributed by atoms with E-state index in [1.165, 1.54) is 0 Å². The van der Waals surface area contributed by atoms with E-state index in [9.17, 15) is 9.90 Å². The standard InChI is InChI=1S/C12H16O2.Na/c1-8-9(11(13)14)6-5-7-10(8)12(2,3)4;/h5-7H,1-4H3,(H,13,14);/q;+1/p-1. The third kappa shape index (κ3) is 3.33. The van der Waals surface area contributed by atoms with Gasteiger partial charge >= 0.3 is 29.6 Å². The van der Waals surface area contributed by atoms with Gasteiger partial charge in [-0.15, -0.1) is 0 Å². The Morgan fingerprint density at radius 3 is 2.20 bits per heavy atom. The maximum Gasteiger partial charge on any atom is 1.00 e. The zero-order valence-corrected chi connectivity index (χ0v) is 12.0. The average Bonchev–Trinajstić information content (AvgIpc) is 2.01. The van der Waals surface area contributed by atoms with Gasteiger partial charge in [0.15, 0.2) is 0 Å². The van der Waals surface area contributed by atoms with Crippen LogP contribution in [-0.4, -0.2) is 5.97 Å². The molecule has 0 fully saturated rings. The smallest absolute Gasteiger partial charge is 0.545 e. The molecular weight excluding hydrogens is 199 g/mol. The molecule has 0 bridgehead atoms. The minimum Gasteiger partial charge on any atom is -0.545 e. The van der Waals surface area contributed by atoms with Crippen LogP contribution < -0.4 is 34.7 Å². The molecule has 0 radical (unpaired) electrons. The second kappa shape index (κ2) is 5.15. The van der Waals surface area contributed by atoms with Crippen molar-refractivity contribution in [2.75, 3.05) is 0 Å². The van der Waals surface area contributed by atoms with Gasteiger partial charge in [-0.1, -0.05) is 39.0 Å². The number of rotatable bonds is 1. The Morgan fingerprint density at radius 1 is 1.27 bits per heavy atom. The fourth-order valence-corrected chi connectivity index (χ4v) is 1.67. The molecule has 0 unspecified atom stereocenters. The van der Waals surface area contributed by atoms with Crippen molar-refractivity contribution < 1.29 is 39.5 Å². The van der Waals surface area contributed by atoms with Gasteiger partial charge in [-0.3, -0.25) is 0 Å². The maximum atomic E-state index is 10.8. The zero-order valence-electron chi connectivity index (χ0n) is 10.0. The van der Waals surface area contributed by atoms with E-state index in [2.05, 4.69) is 20.8 Å². The van der Waals surface area contributed by atoms with E-state index in [0.29, 0.717) is 0 Å². The molecule has 1 aromatic carbocycles. The first kappa shape index (κ1) is 14.7. The zero-order chi connectivity index (χ0) is 10.9. The molecule has 2 nitrogen and oxygen atoms in total. The molecule has 0 heterocycles. The van der Waals surface area contributed by atoms with Crippen LogP contribution in [0.5, 0.6) is 0 Å². The third-order valence-electron chi connectivity index (χ3n) is 2.36. The number of hydrogen-bond acceptors (Lipinski definition) is 2. The van der Waals surface area contributed by atoms with E-state index in [1.807, 2.05) is 13.0 Å². The number of benzene rings is 1. The Bertz CT molecular complexity index is 364. The van der Waals surface area contributed by atoms with Crippen molar-refractivity contribution in [3.05, 3.63) is 34.9 Å². The van der Waals surface area contributed by atoms with Crippen LogP contribution in [0, 0.1) is 6.92 Å². The van der Waals surface area contributed by atoms with Crippen molar-refractivity contribution in [2.24, 2.45) is 0 Å². The SMILES string of the molecule is Cc1c(C(=O)[O-])cccc1C(C)(C)C.[Na+]. The molecule has 76 valence electrons. The van der Waals surface area contributed by atoms with Gasteiger partial charge in [-0.25, -0.2) is 0 Å². The van der Waals surface area contributed by atoms with Crippen LogP contribution in [0.3, 0.4) is 0 Å². The summed E-state index contributed by atoms with van der Waals surface area (Å²) < 4.78 is 0. The number of carboxylic acid groups (broad SMARTS) is 1. The van der Waals surface area contributed by atoms with Crippen molar-refractivity contribution in [3.8, 4) is 0 Å². The van der Waals surface area contributed by atoms with E-state index in [-0.39, 0.29) is 40.5 Å². The summed E-state index contributed by atoms with van der Waals surface area (Å²) in [6.45, 7) is 8.02. The number of carboxylic acids is 1. The Labute approximate surface area is 113 Å². The number of hydrogen-bond donors (Lipinski definition) is 0. The van der Waals surface area contributed by atoms with Crippen LogP contribution in [0.1, 0.15) is 42.3 Å². The van der Waals surface area contributed by atoms with Crippen molar-refractivity contribution >= 4 is 5.97 Å². The van der Waals surface area contributed by atoms with E-state index in [0.717, 1.165) is 11.1 Å². The van der Waals surface area contributed by atoms with Gasteiger partial charge in [-0.2, -0.15) is 0 Å². The van der Waals surface area contributed by atoms with E-state index in [4.69, 9.17) is 0 Å². The van der Waals surface area contributed by atoms with Gasteiger partial charge in [-0.05, 0) is 23.5 Å². The molecule has 0 saturated carbocycles. The number of carbonyl (C=O) groups excluding carboxylic acids is 1. The molecule has 1 aromatic rings. The van der Waals surface area contributed by atoms with Gasteiger partial charge in [0, 0.05) is 5.56 Å². The molecule has 0 saturated heterocycles. The average molecular weight is 214 g/mol. The molecule has 3 heteroatoms. The molecular formula is C12H15NaO2. The van der Waals surface area contributed by atoms with E-state index < -0.39 is 5.97 Å². The fourth-order valence-electron chi connectivity index (χ4n) is 1.67. The Morgan fingerprint density at radius 2 is 1.80 bits per heavy atom. The molecule has 1 rings (SSSR count). The summed E-state index contributed by atoms with van der Waals surface area (Å²) in [5.41, 5.74) is 2.12. The summed E-state index contributed by atoms with van der Waals surface area (Å²) >= 11 is 0. The van der Waals surface area contributed by atoms with Gasteiger partial charge in [0.05, 0.1) is 5.97 Å². The monoisotopic (exact) mass is 214 g/mol. The largest absolute Gasteiger partial charge is 1.00 e. The summed E-state index contributed by atoms with van der Waals surface area (Å²) in [6, 6.07) is 5.31. The van der Waals surface area contributed by atoms with Crippen LogP contribution in [0.25, 0.3) is 0 Å². The summed E-state index contributed by atoms with van der Waals surface area (Å²) in [5.74, 6) is -1.10. The molecule has 0 atom stereocenters. The van der Waals surface area contributed by atoms with Crippen molar-refractivity contribution in [1.82, 2.24) is 0 Å². The van der Waals surface area contributed by atoms with Crippen LogP contribution in [0.15, 0.2) is 18.2 Å². The quantitative estimate of drug-likeness (QED) is 0.543. The normalized spacial score (nSPS) is 10.7. The van der Waals surface area contributed by atoms with Gasteiger partial charge in [0.2, 0.25) is 0 Å². The van der Waals surface area contributed by atoms with Crippen molar-refractivity contribution in [2.45, 2.75) is 33.1 Å². The maximum absolute atomic E-state index is 10.8. The van der Waals surface area contributed by atoms with Gasteiger partial charge in [0.25, 0.3) is 0 Å². The first-order valence-electron chi connectivity index (χ1n) is 4.65. The first-order valence-corrected chi connectivity index (χ1v) is 4.65. The first-order chi connectivity index (χ1) is 6.34. The second-order valence-corrected chi connectivity index (χ2v) is 4.52. The Hall–Kier alpha value is -0.310. The van der Waals surface area contributed by atoms with Gasteiger partial charge in [0.1, 0.15) is 0 Å². The summed E-state index contributed by atoms with van der Waals surface area (Å²) in [4.78, 5) is 10.8. The number of aromatic carboxylic acids is 1. The summed E-state index contributed by atoms with van der Waals surface area (Å²) in [6.07, 6.45) is 0. The van der Waals surface area contributed by atoms with Crippen LogP contribution in [0.2, 0.25) is 0 Å². The molecule has 0 aliphatic carbocycles. The van der Waals surface area contributed by atoms with Crippen LogP contribution in [0.4, 0.5) is 0 Å². The van der Waals surface area contributed by atoms with E-state index in [1.54, 1.807) is 12.1 Å². The predicted molar refractivity (Wildman–Crippen MR) is 54.2 cm³/mol. The van der Waals surface area contributed by atoms with Gasteiger partial charge < -0.3 is 9.90 Å². The van der Waals surface area contributed by atoms with Crippen LogP contribution >= 0.6 is 0 Å². The minimum absolute atomic E-state index is 0. The van der Waals surface area contributed by atoms with Crippen LogP contribution in [-0.2, 0) is 5.41 Å². The van der Waals surface area contributed by atoms with Crippen molar-refractivity contribution in [1.29, 1.82) is 0 Å². The molecule has 0 aliphatic rings.